The maximum absolute atomic E-state index is 13.7. The number of rotatable bonds is 9. The van der Waals surface area contributed by atoms with Crippen LogP contribution in [-0.2, 0) is 38.8 Å². The lowest BCUT2D eigenvalue weighted by Crippen LogP contribution is -2.56. The normalized spacial score (nSPS) is 18.9. The molecule has 0 spiro atoms. The van der Waals surface area contributed by atoms with E-state index in [4.69, 9.17) is 4.99 Å². The average molecular weight is 723 g/mol. The molecule has 0 fully saturated rings. The Hall–Kier alpha value is -4.91. The smallest absolute Gasteiger partial charge is 0.397 e. The minimum Gasteiger partial charge on any atom is -0.506 e. The zero-order chi connectivity index (χ0) is 35.8. The summed E-state index contributed by atoms with van der Waals surface area (Å²) in [7, 11) is -9.99. The fourth-order valence-electron chi connectivity index (χ4n) is 6.88. The van der Waals surface area contributed by atoms with E-state index in [9.17, 15) is 40.6 Å². The number of allylic oxidation sites excluding steroid dienone is 2. The Kier molecular flexibility index (Phi) is 7.78. The Morgan fingerprint density at radius 1 is 0.700 bits per heavy atom. The summed E-state index contributed by atoms with van der Waals surface area (Å²) in [6.07, 6.45) is 1.49. The van der Waals surface area contributed by atoms with Crippen molar-refractivity contribution in [2.24, 2.45) is 4.99 Å². The Morgan fingerprint density at radius 2 is 1.26 bits per heavy atom. The molecule has 4 aromatic carbocycles. The van der Waals surface area contributed by atoms with Crippen LogP contribution in [-0.4, -0.2) is 67.2 Å². The lowest BCUT2D eigenvalue weighted by Gasteiger charge is -2.40. The lowest BCUT2D eigenvalue weighted by molar-refractivity contribution is -0.129. The van der Waals surface area contributed by atoms with Crippen molar-refractivity contribution in [1.29, 1.82) is 0 Å². The van der Waals surface area contributed by atoms with Gasteiger partial charge in [0, 0.05) is 27.8 Å². The molecule has 0 atom stereocenters. The number of nitrogens with zero attached hydrogens (tertiary/aromatic N) is 1. The molecule has 0 bridgehead atoms. The SMILES string of the molecule is CCC1(CC)N=c2ccc(=C3C(=O)C(=O)C(c4ccc5c6c(cccc46)NC(COS(=O)(=O)O)(COS(=O)(=O)O)N5)=C3O)c3cccc(c23)N1. The molecule has 15 nitrogen and oxygen atoms in total. The van der Waals surface area contributed by atoms with Crippen LogP contribution >= 0.6 is 0 Å². The maximum Gasteiger partial charge on any atom is 0.397 e. The van der Waals surface area contributed by atoms with Gasteiger partial charge < -0.3 is 21.1 Å². The van der Waals surface area contributed by atoms with Crippen LogP contribution in [0.1, 0.15) is 32.3 Å². The van der Waals surface area contributed by atoms with E-state index in [0.29, 0.717) is 21.4 Å². The number of ketones is 2. The summed E-state index contributed by atoms with van der Waals surface area (Å²) in [6.45, 7) is 2.30. The molecule has 50 heavy (non-hydrogen) atoms. The molecule has 0 saturated heterocycles. The Labute approximate surface area is 285 Å². The van der Waals surface area contributed by atoms with Crippen LogP contribution in [0, 0.1) is 0 Å². The molecule has 0 aromatic heterocycles. The first kappa shape index (κ1) is 33.6. The second kappa shape index (κ2) is 11.6. The zero-order valence-electron chi connectivity index (χ0n) is 26.5. The van der Waals surface area contributed by atoms with E-state index in [2.05, 4.69) is 24.3 Å². The van der Waals surface area contributed by atoms with Gasteiger partial charge in [-0.15, -0.1) is 0 Å². The highest BCUT2D eigenvalue weighted by atomic mass is 32.3. The molecule has 6 N–H and O–H groups in total. The van der Waals surface area contributed by atoms with Gasteiger partial charge in [0.15, 0.2) is 5.66 Å². The van der Waals surface area contributed by atoms with Crippen molar-refractivity contribution in [3.63, 3.8) is 0 Å². The molecule has 1 aliphatic carbocycles. The van der Waals surface area contributed by atoms with Gasteiger partial charge in [-0.3, -0.25) is 23.7 Å². The van der Waals surface area contributed by atoms with Crippen LogP contribution in [0.25, 0.3) is 32.7 Å². The molecule has 2 heterocycles. The number of aliphatic hydroxyl groups is 1. The summed E-state index contributed by atoms with van der Waals surface area (Å²) in [6, 6.07) is 16.7. The molecule has 0 radical (unpaired) electrons. The second-order valence-corrected chi connectivity index (χ2v) is 14.4. The summed E-state index contributed by atoms with van der Waals surface area (Å²) in [5.41, 5.74) is -1.16. The average Bonchev–Trinajstić information content (AvgIpc) is 3.29. The summed E-state index contributed by atoms with van der Waals surface area (Å²) < 4.78 is 73.1. The minimum absolute atomic E-state index is 0.156. The van der Waals surface area contributed by atoms with Gasteiger partial charge in [-0.2, -0.15) is 16.8 Å². The first-order valence-electron chi connectivity index (χ1n) is 15.4. The van der Waals surface area contributed by atoms with E-state index >= 15 is 0 Å². The standard InChI is InChI=1S/C33H30N4O11S2/c1-3-32(4-2)34-21-9-5-7-17-19(11-13-23(35-32)25(17)21)27-29(38)28(31(40)30(27)39)20-12-14-24-26-18(20)8-6-10-22(26)36-33(37-24,15-47-49(41,42)43)16-48-50(44,45)46/h5-14,34,36-38H,3-4,15-16H2,1-2H3,(H,41,42,43)(H,44,45,46). The van der Waals surface area contributed by atoms with E-state index in [0.717, 1.165) is 29.3 Å². The molecule has 3 aliphatic rings. The first-order chi connectivity index (χ1) is 23.6. The maximum atomic E-state index is 13.7. The summed E-state index contributed by atoms with van der Waals surface area (Å²) in [5, 5.41) is 24.3. The predicted molar refractivity (Wildman–Crippen MR) is 184 cm³/mol. The van der Waals surface area contributed by atoms with Gasteiger partial charge in [-0.05, 0) is 58.7 Å². The third kappa shape index (κ3) is 5.57. The Morgan fingerprint density at radius 3 is 1.86 bits per heavy atom. The van der Waals surface area contributed by atoms with Crippen molar-refractivity contribution in [1.82, 2.24) is 0 Å². The highest BCUT2D eigenvalue weighted by molar-refractivity contribution is 7.81. The van der Waals surface area contributed by atoms with Gasteiger partial charge in [-0.25, -0.2) is 8.37 Å². The van der Waals surface area contributed by atoms with Crippen molar-refractivity contribution >= 4 is 82.1 Å². The van der Waals surface area contributed by atoms with E-state index < -0.39 is 62.7 Å². The number of benzene rings is 4. The third-order valence-electron chi connectivity index (χ3n) is 9.26. The number of Topliss-reactive ketones (excluding diaryl/α,β-unsaturated/α-hetero) is 2. The molecule has 17 heteroatoms. The van der Waals surface area contributed by atoms with Crippen LogP contribution in [0.5, 0.6) is 0 Å². The van der Waals surface area contributed by atoms with E-state index in [1.54, 1.807) is 36.4 Å². The number of hydrogen-bond acceptors (Lipinski definition) is 13. The monoisotopic (exact) mass is 722 g/mol. The molecule has 4 aromatic rings. The number of hydrogen-bond donors (Lipinski definition) is 6. The topological polar surface area (TPSA) is 230 Å². The molecular formula is C33H30N4O11S2. The number of carbonyl (C=O) groups excluding carboxylic acids is 2. The quantitative estimate of drug-likeness (QED) is 0.108. The predicted octanol–water partition coefficient (Wildman–Crippen LogP) is 3.00. The number of carbonyl (C=O) groups is 2. The van der Waals surface area contributed by atoms with Gasteiger partial charge >= 0.3 is 20.8 Å². The van der Waals surface area contributed by atoms with Crippen LogP contribution in [0.15, 0.2) is 71.4 Å². The van der Waals surface area contributed by atoms with Gasteiger partial charge in [-0.1, -0.05) is 50.2 Å². The summed E-state index contributed by atoms with van der Waals surface area (Å²) >= 11 is 0. The highest BCUT2D eigenvalue weighted by Gasteiger charge is 2.42. The van der Waals surface area contributed by atoms with Gasteiger partial charge in [0.1, 0.15) is 24.6 Å². The van der Waals surface area contributed by atoms with Crippen molar-refractivity contribution in [2.75, 3.05) is 29.2 Å². The first-order valence-corrected chi connectivity index (χ1v) is 18.1. The summed E-state index contributed by atoms with van der Waals surface area (Å²) in [4.78, 5) is 32.4. The molecule has 0 unspecified atom stereocenters. The van der Waals surface area contributed by atoms with Crippen LogP contribution < -0.4 is 26.5 Å². The molecule has 2 aliphatic heterocycles. The number of anilines is 3. The Bertz CT molecular complexity index is 2510. The summed E-state index contributed by atoms with van der Waals surface area (Å²) in [5.74, 6) is -2.32. The van der Waals surface area contributed by atoms with Crippen LogP contribution in [0.2, 0.25) is 0 Å². The van der Waals surface area contributed by atoms with Crippen molar-refractivity contribution in [3.05, 3.63) is 82.6 Å². The van der Waals surface area contributed by atoms with Crippen molar-refractivity contribution in [3.8, 4) is 0 Å². The fourth-order valence-corrected chi connectivity index (χ4v) is 7.58. The van der Waals surface area contributed by atoms with E-state index in [1.165, 1.54) is 12.1 Å². The molecule has 260 valence electrons. The Balaban J connectivity index is 1.39. The molecule has 7 rings (SSSR count). The highest BCUT2D eigenvalue weighted by Crippen LogP contribution is 2.44. The lowest BCUT2D eigenvalue weighted by atomic mass is 9.92. The van der Waals surface area contributed by atoms with Crippen molar-refractivity contribution in [2.45, 2.75) is 38.0 Å². The molecular weight excluding hydrogens is 693 g/mol. The third-order valence-corrected chi connectivity index (χ3v) is 10.1. The number of aliphatic hydroxyl groups excluding tert-OH is 1. The number of nitrogens with one attached hydrogen (secondary N) is 3. The van der Waals surface area contributed by atoms with Crippen LogP contribution in [0.4, 0.5) is 17.1 Å². The largest absolute Gasteiger partial charge is 0.506 e. The second-order valence-electron chi connectivity index (χ2n) is 12.2. The molecule has 0 saturated carbocycles. The molecule has 0 amide bonds. The van der Waals surface area contributed by atoms with E-state index in [-0.39, 0.29) is 28.1 Å². The minimum atomic E-state index is -4.99. The van der Waals surface area contributed by atoms with E-state index in [1.807, 2.05) is 26.0 Å². The van der Waals surface area contributed by atoms with Crippen LogP contribution in [0.3, 0.4) is 0 Å². The fraction of sp³-hybridized carbons (Fsp3) is 0.242. The van der Waals surface area contributed by atoms with Gasteiger partial charge in [0.05, 0.1) is 16.5 Å². The zero-order valence-corrected chi connectivity index (χ0v) is 28.1. The van der Waals surface area contributed by atoms with Gasteiger partial charge in [0.2, 0.25) is 11.6 Å². The van der Waals surface area contributed by atoms with Crippen molar-refractivity contribution < 1.29 is 49.0 Å². The van der Waals surface area contributed by atoms with Gasteiger partial charge in [0.25, 0.3) is 0 Å².